The van der Waals surface area contributed by atoms with E-state index in [1.54, 1.807) is 27.0 Å². The molecule has 1 heterocycles. The molecule has 0 aliphatic carbocycles. The predicted molar refractivity (Wildman–Crippen MR) is 112 cm³/mol. The van der Waals surface area contributed by atoms with E-state index in [9.17, 15) is 9.59 Å². The summed E-state index contributed by atoms with van der Waals surface area (Å²) in [5.41, 5.74) is 3.00. The third-order valence-electron chi connectivity index (χ3n) is 4.96. The molecule has 2 aromatic rings. The molecule has 0 unspecified atom stereocenters. The van der Waals surface area contributed by atoms with E-state index in [0.717, 1.165) is 48.5 Å². The first-order chi connectivity index (χ1) is 14.1. The van der Waals surface area contributed by atoms with Gasteiger partial charge in [-0.25, -0.2) is 9.59 Å². The first kappa shape index (κ1) is 20.7. The van der Waals surface area contributed by atoms with Gasteiger partial charge in [0.25, 0.3) is 0 Å². The summed E-state index contributed by atoms with van der Waals surface area (Å²) in [5, 5.41) is 0. The van der Waals surface area contributed by atoms with Crippen LogP contribution in [0.25, 0.3) is 11.1 Å². The number of methoxy groups -OCH3 is 1. The van der Waals surface area contributed by atoms with Gasteiger partial charge in [0.2, 0.25) is 0 Å². The fourth-order valence-electron chi connectivity index (χ4n) is 3.57. The van der Waals surface area contributed by atoms with Crippen molar-refractivity contribution in [2.75, 3.05) is 38.3 Å². The summed E-state index contributed by atoms with van der Waals surface area (Å²) in [6.07, 6.45) is 2.09. The normalized spacial score (nSPS) is 13.3. The van der Waals surface area contributed by atoms with Gasteiger partial charge in [-0.2, -0.15) is 0 Å². The highest BCUT2D eigenvalue weighted by Gasteiger charge is 2.28. The van der Waals surface area contributed by atoms with Crippen LogP contribution in [0, 0.1) is 0 Å². The average Bonchev–Trinajstić information content (AvgIpc) is 3.28. The van der Waals surface area contributed by atoms with E-state index < -0.39 is 11.9 Å². The van der Waals surface area contributed by atoms with Gasteiger partial charge in [0, 0.05) is 13.1 Å². The lowest BCUT2D eigenvalue weighted by atomic mass is 9.96. The van der Waals surface area contributed by atoms with E-state index in [-0.39, 0.29) is 24.3 Å². The van der Waals surface area contributed by atoms with Crippen molar-refractivity contribution in [1.82, 2.24) is 0 Å². The van der Waals surface area contributed by atoms with Crippen molar-refractivity contribution < 1.29 is 23.8 Å². The first-order valence-electron chi connectivity index (χ1n) is 10.0. The number of hydrogen-bond acceptors (Lipinski definition) is 6. The van der Waals surface area contributed by atoms with Gasteiger partial charge in [-0.15, -0.1) is 0 Å². The van der Waals surface area contributed by atoms with Crippen molar-refractivity contribution in [1.29, 1.82) is 0 Å². The Labute approximate surface area is 171 Å². The molecule has 0 bridgehead atoms. The zero-order chi connectivity index (χ0) is 20.8. The average molecular weight is 397 g/mol. The Bertz CT molecular complexity index is 870. The maximum absolute atomic E-state index is 12.8. The van der Waals surface area contributed by atoms with Crippen LogP contribution in [-0.4, -0.2) is 45.4 Å². The minimum Gasteiger partial charge on any atom is -0.497 e. The molecule has 1 fully saturated rings. The first-order valence-corrected chi connectivity index (χ1v) is 10.0. The molecule has 0 amide bonds. The lowest BCUT2D eigenvalue weighted by Crippen LogP contribution is -2.24. The Balaban J connectivity index is 2.19. The van der Waals surface area contributed by atoms with Crippen LogP contribution in [0.4, 0.5) is 5.69 Å². The molecule has 29 heavy (non-hydrogen) atoms. The Hall–Kier alpha value is -3.02. The van der Waals surface area contributed by atoms with Gasteiger partial charge in [0.05, 0.1) is 37.1 Å². The summed E-state index contributed by atoms with van der Waals surface area (Å²) in [6, 6.07) is 11.3. The fourth-order valence-corrected chi connectivity index (χ4v) is 3.57. The molecule has 1 aliphatic rings. The molecule has 2 aromatic carbocycles. The summed E-state index contributed by atoms with van der Waals surface area (Å²) in [7, 11) is 1.62. The number of anilines is 1. The van der Waals surface area contributed by atoms with Crippen molar-refractivity contribution >= 4 is 17.6 Å². The maximum atomic E-state index is 12.8. The molecule has 1 saturated heterocycles. The molecule has 0 N–H and O–H groups in total. The van der Waals surface area contributed by atoms with E-state index in [4.69, 9.17) is 14.2 Å². The minimum atomic E-state index is -0.522. The quantitative estimate of drug-likeness (QED) is 0.649. The largest absolute Gasteiger partial charge is 0.497 e. The molecule has 0 spiro atoms. The maximum Gasteiger partial charge on any atom is 0.341 e. The third kappa shape index (κ3) is 4.53. The lowest BCUT2D eigenvalue weighted by Gasteiger charge is -2.23. The third-order valence-corrected chi connectivity index (χ3v) is 4.96. The van der Waals surface area contributed by atoms with Crippen molar-refractivity contribution in [2.45, 2.75) is 26.7 Å². The van der Waals surface area contributed by atoms with Gasteiger partial charge >= 0.3 is 11.9 Å². The van der Waals surface area contributed by atoms with E-state index in [1.165, 1.54) is 0 Å². The van der Waals surface area contributed by atoms with E-state index in [2.05, 4.69) is 4.90 Å². The zero-order valence-corrected chi connectivity index (χ0v) is 17.2. The molecule has 0 saturated carbocycles. The molecule has 0 atom stereocenters. The summed E-state index contributed by atoms with van der Waals surface area (Å²) in [6.45, 7) is 5.63. The van der Waals surface area contributed by atoms with Crippen LogP contribution < -0.4 is 9.64 Å². The molecule has 0 aromatic heterocycles. The molecular weight excluding hydrogens is 370 g/mol. The fraction of sp³-hybridized carbons (Fsp3) is 0.391. The van der Waals surface area contributed by atoms with Crippen LogP contribution in [0.2, 0.25) is 0 Å². The standard InChI is InChI=1S/C23H27NO5/c1-4-28-22(25)19-14-17(16-8-10-18(27-3)11-9-16)15-20(24-12-6-7-13-24)21(19)23(26)29-5-2/h8-11,14-15H,4-7,12-13H2,1-3H3. The highest BCUT2D eigenvalue weighted by molar-refractivity contribution is 6.08. The van der Waals surface area contributed by atoms with Crippen molar-refractivity contribution in [3.63, 3.8) is 0 Å². The van der Waals surface area contributed by atoms with Crippen LogP contribution in [0.3, 0.4) is 0 Å². The molecule has 6 heteroatoms. The number of nitrogens with zero attached hydrogens (tertiary/aromatic N) is 1. The Kier molecular flexibility index (Phi) is 6.75. The van der Waals surface area contributed by atoms with Crippen LogP contribution in [0.5, 0.6) is 5.75 Å². The molecular formula is C23H27NO5. The number of hydrogen-bond donors (Lipinski definition) is 0. The van der Waals surface area contributed by atoms with Gasteiger partial charge in [-0.1, -0.05) is 12.1 Å². The van der Waals surface area contributed by atoms with Crippen LogP contribution in [-0.2, 0) is 9.47 Å². The molecule has 154 valence electrons. The smallest absolute Gasteiger partial charge is 0.341 e. The highest BCUT2D eigenvalue weighted by atomic mass is 16.5. The van der Waals surface area contributed by atoms with Crippen LogP contribution in [0.1, 0.15) is 47.4 Å². The number of rotatable bonds is 7. The second-order valence-electron chi connectivity index (χ2n) is 6.78. The number of ether oxygens (including phenoxy) is 3. The summed E-state index contributed by atoms with van der Waals surface area (Å²) in [4.78, 5) is 27.7. The Morgan fingerprint density at radius 3 is 2.10 bits per heavy atom. The SMILES string of the molecule is CCOC(=O)c1cc(-c2ccc(OC)cc2)cc(N2CCCC2)c1C(=O)OCC. The predicted octanol–water partition coefficient (Wildman–Crippen LogP) is 4.32. The van der Waals surface area contributed by atoms with E-state index in [1.807, 2.05) is 30.3 Å². The lowest BCUT2D eigenvalue weighted by molar-refractivity contribution is 0.0479. The Morgan fingerprint density at radius 1 is 0.897 bits per heavy atom. The number of benzene rings is 2. The molecule has 3 rings (SSSR count). The monoisotopic (exact) mass is 397 g/mol. The van der Waals surface area contributed by atoms with Gasteiger partial charge in [-0.3, -0.25) is 0 Å². The molecule has 1 aliphatic heterocycles. The van der Waals surface area contributed by atoms with Gasteiger partial charge in [-0.05, 0) is 62.1 Å². The molecule has 6 nitrogen and oxygen atoms in total. The van der Waals surface area contributed by atoms with Gasteiger partial charge in [0.15, 0.2) is 0 Å². The van der Waals surface area contributed by atoms with Crippen LogP contribution in [0.15, 0.2) is 36.4 Å². The topological polar surface area (TPSA) is 65.1 Å². The highest BCUT2D eigenvalue weighted by Crippen LogP contribution is 2.35. The summed E-state index contributed by atoms with van der Waals surface area (Å²) < 4.78 is 15.8. The summed E-state index contributed by atoms with van der Waals surface area (Å²) in [5.74, 6) is -0.271. The van der Waals surface area contributed by atoms with Crippen molar-refractivity contribution in [2.24, 2.45) is 0 Å². The number of carbonyl (C=O) groups is 2. The van der Waals surface area contributed by atoms with Gasteiger partial charge < -0.3 is 19.1 Å². The number of carbonyl (C=O) groups excluding carboxylic acids is 2. The Morgan fingerprint density at radius 2 is 1.52 bits per heavy atom. The second-order valence-corrected chi connectivity index (χ2v) is 6.78. The zero-order valence-electron chi connectivity index (χ0n) is 17.2. The van der Waals surface area contributed by atoms with E-state index >= 15 is 0 Å². The van der Waals surface area contributed by atoms with E-state index in [0.29, 0.717) is 0 Å². The van der Waals surface area contributed by atoms with Crippen molar-refractivity contribution in [3.05, 3.63) is 47.5 Å². The van der Waals surface area contributed by atoms with Crippen LogP contribution >= 0.6 is 0 Å². The van der Waals surface area contributed by atoms with Crippen molar-refractivity contribution in [3.8, 4) is 16.9 Å². The number of esters is 2. The minimum absolute atomic E-state index is 0.229. The summed E-state index contributed by atoms with van der Waals surface area (Å²) >= 11 is 0. The second kappa shape index (κ2) is 9.45. The molecule has 0 radical (unpaired) electrons. The van der Waals surface area contributed by atoms with Gasteiger partial charge in [0.1, 0.15) is 5.75 Å².